The highest BCUT2D eigenvalue weighted by Gasteiger charge is 2.13. The minimum absolute atomic E-state index is 0.384. The maximum Gasteiger partial charge on any atom is 0.115 e. The highest BCUT2D eigenvalue weighted by Crippen LogP contribution is 2.17. The van der Waals surface area contributed by atoms with E-state index in [1.165, 1.54) is 12.8 Å². The summed E-state index contributed by atoms with van der Waals surface area (Å²) in [4.78, 5) is 0. The highest BCUT2D eigenvalue weighted by molar-refractivity contribution is 5.52. The van der Waals surface area contributed by atoms with Crippen molar-refractivity contribution in [3.8, 4) is 0 Å². The number of hydrogen-bond donors (Lipinski definition) is 2. The largest absolute Gasteiger partial charge is 0.383 e. The zero-order valence-electron chi connectivity index (χ0n) is 9.72. The lowest BCUT2D eigenvalue weighted by Gasteiger charge is -2.14. The first-order valence-corrected chi connectivity index (χ1v) is 5.92. The van der Waals surface area contributed by atoms with Gasteiger partial charge in [0, 0.05) is 18.3 Å². The van der Waals surface area contributed by atoms with Gasteiger partial charge < -0.3 is 10.6 Å². The molecule has 2 N–H and O–H groups in total. The quantitative estimate of drug-likeness (QED) is 0.818. The third kappa shape index (κ3) is 2.73. The number of anilines is 1. The molecule has 0 spiro atoms. The first-order chi connectivity index (χ1) is 7.79. The number of hydrogen-bond acceptors (Lipinski definition) is 2. The predicted octanol–water partition coefficient (Wildman–Crippen LogP) is 2.63. The van der Waals surface area contributed by atoms with Crippen LogP contribution < -0.4 is 10.6 Å². The molecule has 0 radical (unpaired) electrons. The van der Waals surface area contributed by atoms with Crippen molar-refractivity contribution in [1.82, 2.24) is 5.32 Å². The lowest BCUT2D eigenvalue weighted by molar-refractivity contribution is 0.485. The molecule has 1 heterocycles. The van der Waals surface area contributed by atoms with Crippen molar-refractivity contribution in [3.63, 3.8) is 0 Å². The van der Waals surface area contributed by atoms with Gasteiger partial charge in [0.1, 0.15) is 6.67 Å². The van der Waals surface area contributed by atoms with Gasteiger partial charge in [-0.3, -0.25) is 0 Å². The Morgan fingerprint density at radius 2 is 2.38 bits per heavy atom. The summed E-state index contributed by atoms with van der Waals surface area (Å²) in [5.74, 6) is 0. The van der Waals surface area contributed by atoms with E-state index in [1.54, 1.807) is 0 Å². The molecule has 3 heteroatoms. The molecule has 16 heavy (non-hydrogen) atoms. The van der Waals surface area contributed by atoms with Crippen molar-refractivity contribution < 1.29 is 4.39 Å². The summed E-state index contributed by atoms with van der Waals surface area (Å²) in [7, 11) is 0. The maximum absolute atomic E-state index is 12.4. The second-order valence-electron chi connectivity index (χ2n) is 4.46. The zero-order chi connectivity index (χ0) is 11.4. The number of nitrogens with one attached hydrogen (secondary N) is 2. The third-order valence-electron chi connectivity index (χ3n) is 3.15. The third-order valence-corrected chi connectivity index (χ3v) is 3.15. The molecule has 0 aliphatic carbocycles. The van der Waals surface area contributed by atoms with Crippen LogP contribution in [0, 0.1) is 6.92 Å². The first-order valence-electron chi connectivity index (χ1n) is 5.92. The molecule has 1 aromatic rings. The Labute approximate surface area is 96.2 Å². The molecule has 1 fully saturated rings. The molecule has 2 nitrogen and oxygen atoms in total. The monoisotopic (exact) mass is 222 g/mol. The number of alkyl halides is 1. The summed E-state index contributed by atoms with van der Waals surface area (Å²) in [6.45, 7) is 3.72. The molecule has 1 atom stereocenters. The van der Waals surface area contributed by atoms with E-state index >= 15 is 0 Å². The van der Waals surface area contributed by atoms with Gasteiger partial charge in [-0.05, 0) is 43.5 Å². The Balaban J connectivity index is 1.93. The SMILES string of the molecule is Cc1cc(CF)ccc1NCC1CCCN1. The van der Waals surface area contributed by atoms with Crippen molar-refractivity contribution in [1.29, 1.82) is 0 Å². The first kappa shape index (κ1) is 11.4. The topological polar surface area (TPSA) is 24.1 Å². The minimum Gasteiger partial charge on any atom is -0.383 e. The number of benzene rings is 1. The van der Waals surface area contributed by atoms with Gasteiger partial charge in [-0.25, -0.2) is 4.39 Å². The normalized spacial score (nSPS) is 20.0. The molecule has 2 rings (SSSR count). The molecular formula is C13H19FN2. The van der Waals surface area contributed by atoms with Gasteiger partial charge in [0.2, 0.25) is 0 Å². The minimum atomic E-state index is -0.384. The Bertz CT molecular complexity index is 346. The van der Waals surface area contributed by atoms with Gasteiger partial charge in [0.25, 0.3) is 0 Å². The molecule has 0 aromatic heterocycles. The smallest absolute Gasteiger partial charge is 0.115 e. The average molecular weight is 222 g/mol. The fraction of sp³-hybridized carbons (Fsp3) is 0.538. The summed E-state index contributed by atoms with van der Waals surface area (Å²) in [5, 5.41) is 6.87. The van der Waals surface area contributed by atoms with Gasteiger partial charge in [-0.2, -0.15) is 0 Å². The van der Waals surface area contributed by atoms with Gasteiger partial charge >= 0.3 is 0 Å². The number of aryl methyl sites for hydroxylation is 1. The van der Waals surface area contributed by atoms with Gasteiger partial charge in [-0.1, -0.05) is 12.1 Å². The van der Waals surface area contributed by atoms with Crippen LogP contribution in [0.2, 0.25) is 0 Å². The zero-order valence-corrected chi connectivity index (χ0v) is 9.72. The van der Waals surface area contributed by atoms with Crippen molar-refractivity contribution >= 4 is 5.69 Å². The van der Waals surface area contributed by atoms with Crippen molar-refractivity contribution in [3.05, 3.63) is 29.3 Å². The Hall–Kier alpha value is -1.09. The highest BCUT2D eigenvalue weighted by atomic mass is 19.1. The molecule has 1 aliphatic heterocycles. The second-order valence-corrected chi connectivity index (χ2v) is 4.46. The number of rotatable bonds is 4. The van der Waals surface area contributed by atoms with E-state index in [4.69, 9.17) is 0 Å². The summed E-state index contributed by atoms with van der Waals surface area (Å²) >= 11 is 0. The van der Waals surface area contributed by atoms with E-state index < -0.39 is 0 Å². The van der Waals surface area contributed by atoms with Crippen LogP contribution in [0.1, 0.15) is 24.0 Å². The standard InChI is InChI=1S/C13H19FN2/c1-10-7-11(8-14)4-5-13(10)16-9-12-3-2-6-15-12/h4-5,7,12,15-16H,2-3,6,8-9H2,1H3. The summed E-state index contributed by atoms with van der Waals surface area (Å²) in [5.41, 5.74) is 2.99. The molecule has 1 aliphatic rings. The Morgan fingerprint density at radius 3 is 3.00 bits per heavy atom. The molecular weight excluding hydrogens is 203 g/mol. The van der Waals surface area contributed by atoms with Crippen molar-refractivity contribution in [2.24, 2.45) is 0 Å². The fourth-order valence-corrected chi connectivity index (χ4v) is 2.17. The van der Waals surface area contributed by atoms with Crippen LogP contribution in [0.5, 0.6) is 0 Å². The van der Waals surface area contributed by atoms with E-state index in [0.717, 1.165) is 29.9 Å². The Morgan fingerprint density at radius 1 is 1.50 bits per heavy atom. The summed E-state index contributed by atoms with van der Waals surface area (Å²) in [6, 6.07) is 6.31. The van der Waals surface area contributed by atoms with Crippen LogP contribution in [0.25, 0.3) is 0 Å². The van der Waals surface area contributed by atoms with Gasteiger partial charge in [0.15, 0.2) is 0 Å². The molecule has 0 bridgehead atoms. The lowest BCUT2D eigenvalue weighted by Crippen LogP contribution is -2.29. The van der Waals surface area contributed by atoms with Crippen LogP contribution >= 0.6 is 0 Å². The van der Waals surface area contributed by atoms with Gasteiger partial charge in [-0.15, -0.1) is 0 Å². The van der Waals surface area contributed by atoms with Crippen LogP contribution in [-0.2, 0) is 6.67 Å². The lowest BCUT2D eigenvalue weighted by atomic mass is 10.1. The van der Waals surface area contributed by atoms with Crippen LogP contribution in [0.15, 0.2) is 18.2 Å². The average Bonchev–Trinajstić information content (AvgIpc) is 2.80. The van der Waals surface area contributed by atoms with Crippen molar-refractivity contribution in [2.45, 2.75) is 32.5 Å². The molecule has 1 saturated heterocycles. The van der Waals surface area contributed by atoms with Crippen LogP contribution in [-0.4, -0.2) is 19.1 Å². The van der Waals surface area contributed by atoms with E-state index in [0.29, 0.717) is 6.04 Å². The van der Waals surface area contributed by atoms with Crippen LogP contribution in [0.3, 0.4) is 0 Å². The van der Waals surface area contributed by atoms with E-state index in [1.807, 2.05) is 25.1 Å². The molecule has 1 aromatic carbocycles. The fourth-order valence-electron chi connectivity index (χ4n) is 2.17. The summed E-state index contributed by atoms with van der Waals surface area (Å²) < 4.78 is 12.4. The van der Waals surface area contributed by atoms with Crippen molar-refractivity contribution in [2.75, 3.05) is 18.4 Å². The van der Waals surface area contributed by atoms with E-state index in [9.17, 15) is 4.39 Å². The number of halogens is 1. The van der Waals surface area contributed by atoms with E-state index in [-0.39, 0.29) is 6.67 Å². The van der Waals surface area contributed by atoms with Crippen LogP contribution in [0.4, 0.5) is 10.1 Å². The second kappa shape index (κ2) is 5.30. The molecule has 0 saturated carbocycles. The molecule has 88 valence electrons. The van der Waals surface area contributed by atoms with Gasteiger partial charge in [0.05, 0.1) is 0 Å². The molecule has 1 unspecified atom stereocenters. The molecule has 0 amide bonds. The predicted molar refractivity (Wildman–Crippen MR) is 65.5 cm³/mol. The Kier molecular flexibility index (Phi) is 3.78. The maximum atomic E-state index is 12.4. The summed E-state index contributed by atoms with van der Waals surface area (Å²) in [6.07, 6.45) is 2.51. The van der Waals surface area contributed by atoms with E-state index in [2.05, 4.69) is 10.6 Å².